The van der Waals surface area contributed by atoms with Gasteiger partial charge in [0.1, 0.15) is 6.20 Å². The number of carbonyl (C=O) groups is 1. The van der Waals surface area contributed by atoms with Crippen LogP contribution in [0.4, 0.5) is 5.69 Å². The molecule has 0 aliphatic heterocycles. The minimum absolute atomic E-state index is 0.0196. The summed E-state index contributed by atoms with van der Waals surface area (Å²) in [5.74, 6) is -0.223. The number of amides is 1. The van der Waals surface area contributed by atoms with Gasteiger partial charge in [-0.25, -0.2) is 0 Å². The SMILES string of the molecule is Cc1ncc([N+](=O)[O-])cc1C(=O)N(C(C)C)C(C)C. The molecule has 6 nitrogen and oxygen atoms in total. The maximum Gasteiger partial charge on any atom is 0.288 e. The number of hydrogen-bond donors (Lipinski definition) is 0. The van der Waals surface area contributed by atoms with E-state index in [1.165, 1.54) is 12.3 Å². The average Bonchev–Trinajstić information content (AvgIpc) is 2.27. The summed E-state index contributed by atoms with van der Waals surface area (Å²) in [6, 6.07) is 1.33. The zero-order valence-electron chi connectivity index (χ0n) is 11.9. The van der Waals surface area contributed by atoms with Crippen molar-refractivity contribution in [3.63, 3.8) is 0 Å². The highest BCUT2D eigenvalue weighted by Crippen LogP contribution is 2.19. The van der Waals surface area contributed by atoms with Gasteiger partial charge in [-0.05, 0) is 34.6 Å². The van der Waals surface area contributed by atoms with Gasteiger partial charge in [0.2, 0.25) is 0 Å². The number of aromatic nitrogens is 1. The van der Waals surface area contributed by atoms with Crippen LogP contribution in [0, 0.1) is 17.0 Å². The van der Waals surface area contributed by atoms with Gasteiger partial charge in [0.05, 0.1) is 16.2 Å². The molecule has 1 aromatic heterocycles. The van der Waals surface area contributed by atoms with Crippen molar-refractivity contribution >= 4 is 11.6 Å². The molecule has 0 spiro atoms. The molecule has 0 bridgehead atoms. The number of aryl methyl sites for hydroxylation is 1. The monoisotopic (exact) mass is 265 g/mol. The summed E-state index contributed by atoms with van der Waals surface area (Å²) >= 11 is 0. The number of nitro groups is 1. The molecule has 0 unspecified atom stereocenters. The van der Waals surface area contributed by atoms with Crippen LogP contribution in [0.3, 0.4) is 0 Å². The molecule has 0 aliphatic carbocycles. The second-order valence-corrected chi connectivity index (χ2v) is 4.98. The molecule has 0 aromatic carbocycles. The Hall–Kier alpha value is -1.98. The summed E-state index contributed by atoms with van der Waals surface area (Å²) in [5.41, 5.74) is 0.625. The van der Waals surface area contributed by atoms with E-state index in [2.05, 4.69) is 4.98 Å². The van der Waals surface area contributed by atoms with E-state index in [-0.39, 0.29) is 29.2 Å². The van der Waals surface area contributed by atoms with Crippen molar-refractivity contribution in [2.45, 2.75) is 46.7 Å². The standard InChI is InChI=1S/C13H19N3O3/c1-8(2)15(9(3)4)13(17)12-6-11(16(18)19)7-14-10(12)5/h6-9H,1-5H3. The highest BCUT2D eigenvalue weighted by molar-refractivity contribution is 5.96. The van der Waals surface area contributed by atoms with Crippen LogP contribution in [0.15, 0.2) is 12.3 Å². The van der Waals surface area contributed by atoms with Crippen molar-refractivity contribution in [1.82, 2.24) is 9.88 Å². The summed E-state index contributed by atoms with van der Waals surface area (Å²) in [6.45, 7) is 9.34. The molecule has 0 fully saturated rings. The first kappa shape index (κ1) is 15.1. The lowest BCUT2D eigenvalue weighted by atomic mass is 10.1. The molecular weight excluding hydrogens is 246 g/mol. The normalized spacial score (nSPS) is 10.9. The van der Waals surface area contributed by atoms with E-state index in [4.69, 9.17) is 0 Å². The van der Waals surface area contributed by atoms with Gasteiger partial charge in [0, 0.05) is 18.2 Å². The average molecular weight is 265 g/mol. The fraction of sp³-hybridized carbons (Fsp3) is 0.538. The Bertz CT molecular complexity index is 490. The maximum atomic E-state index is 12.5. The van der Waals surface area contributed by atoms with E-state index >= 15 is 0 Å². The predicted octanol–water partition coefficient (Wildman–Crippen LogP) is 2.56. The van der Waals surface area contributed by atoms with Gasteiger partial charge < -0.3 is 4.90 Å². The Morgan fingerprint density at radius 1 is 1.32 bits per heavy atom. The van der Waals surface area contributed by atoms with Gasteiger partial charge in [-0.2, -0.15) is 0 Å². The molecule has 0 saturated carbocycles. The number of nitrogens with zero attached hydrogens (tertiary/aromatic N) is 3. The van der Waals surface area contributed by atoms with Crippen molar-refractivity contribution in [1.29, 1.82) is 0 Å². The van der Waals surface area contributed by atoms with Crippen LogP contribution in [-0.4, -0.2) is 32.8 Å². The topological polar surface area (TPSA) is 76.3 Å². The van der Waals surface area contributed by atoms with E-state index in [9.17, 15) is 14.9 Å². The third kappa shape index (κ3) is 3.27. The van der Waals surface area contributed by atoms with Crippen molar-refractivity contribution in [3.8, 4) is 0 Å². The first-order chi connectivity index (χ1) is 8.75. The second kappa shape index (κ2) is 5.77. The van der Waals surface area contributed by atoms with Crippen LogP contribution < -0.4 is 0 Å². The molecule has 0 aliphatic rings. The Morgan fingerprint density at radius 3 is 2.26 bits per heavy atom. The van der Waals surface area contributed by atoms with Gasteiger partial charge in [-0.15, -0.1) is 0 Å². The minimum Gasteiger partial charge on any atom is -0.334 e. The zero-order valence-corrected chi connectivity index (χ0v) is 11.9. The third-order valence-corrected chi connectivity index (χ3v) is 2.86. The van der Waals surface area contributed by atoms with Crippen molar-refractivity contribution in [2.24, 2.45) is 0 Å². The van der Waals surface area contributed by atoms with Crippen molar-refractivity contribution < 1.29 is 9.72 Å². The molecule has 6 heteroatoms. The van der Waals surface area contributed by atoms with Crippen LogP contribution >= 0.6 is 0 Å². The number of pyridine rings is 1. The summed E-state index contributed by atoms with van der Waals surface area (Å²) in [4.78, 5) is 28.3. The number of rotatable bonds is 4. The lowest BCUT2D eigenvalue weighted by Gasteiger charge is -2.31. The Labute approximate surface area is 112 Å². The largest absolute Gasteiger partial charge is 0.334 e. The number of hydrogen-bond acceptors (Lipinski definition) is 4. The smallest absolute Gasteiger partial charge is 0.288 e. The lowest BCUT2D eigenvalue weighted by Crippen LogP contribution is -2.42. The van der Waals surface area contributed by atoms with Gasteiger partial charge in [-0.1, -0.05) is 0 Å². The predicted molar refractivity (Wildman–Crippen MR) is 72.1 cm³/mol. The summed E-state index contributed by atoms with van der Waals surface area (Å²) in [5, 5.41) is 10.8. The van der Waals surface area contributed by atoms with E-state index in [1.54, 1.807) is 11.8 Å². The number of carbonyl (C=O) groups excluding carboxylic acids is 1. The molecule has 1 amide bonds. The molecule has 19 heavy (non-hydrogen) atoms. The molecule has 1 aromatic rings. The highest BCUT2D eigenvalue weighted by atomic mass is 16.6. The van der Waals surface area contributed by atoms with Crippen molar-refractivity contribution in [2.75, 3.05) is 0 Å². The van der Waals surface area contributed by atoms with Crippen LogP contribution in [-0.2, 0) is 0 Å². The molecule has 0 atom stereocenters. The van der Waals surface area contributed by atoms with Gasteiger partial charge in [0.15, 0.2) is 0 Å². The molecular formula is C13H19N3O3. The van der Waals surface area contributed by atoms with E-state index in [0.717, 1.165) is 0 Å². The fourth-order valence-corrected chi connectivity index (χ4v) is 2.04. The fourth-order valence-electron chi connectivity index (χ4n) is 2.04. The first-order valence-corrected chi connectivity index (χ1v) is 6.19. The molecule has 0 N–H and O–H groups in total. The van der Waals surface area contributed by atoms with Crippen LogP contribution in [0.1, 0.15) is 43.7 Å². The molecule has 0 radical (unpaired) electrons. The van der Waals surface area contributed by atoms with E-state index in [0.29, 0.717) is 5.69 Å². The molecule has 1 heterocycles. The first-order valence-electron chi connectivity index (χ1n) is 6.19. The maximum absolute atomic E-state index is 12.5. The van der Waals surface area contributed by atoms with Crippen LogP contribution in [0.5, 0.6) is 0 Å². The quantitative estimate of drug-likeness (QED) is 0.619. The summed E-state index contributed by atoms with van der Waals surface area (Å²) < 4.78 is 0. The Kier molecular flexibility index (Phi) is 4.58. The minimum atomic E-state index is -0.543. The van der Waals surface area contributed by atoms with E-state index in [1.807, 2.05) is 27.7 Å². The molecule has 1 rings (SSSR count). The van der Waals surface area contributed by atoms with Gasteiger partial charge in [-0.3, -0.25) is 19.9 Å². The Morgan fingerprint density at radius 2 is 1.84 bits per heavy atom. The zero-order chi connectivity index (χ0) is 14.7. The molecule has 0 saturated heterocycles. The van der Waals surface area contributed by atoms with Crippen molar-refractivity contribution in [3.05, 3.63) is 33.6 Å². The lowest BCUT2D eigenvalue weighted by molar-refractivity contribution is -0.385. The van der Waals surface area contributed by atoms with Crippen LogP contribution in [0.2, 0.25) is 0 Å². The third-order valence-electron chi connectivity index (χ3n) is 2.86. The second-order valence-electron chi connectivity index (χ2n) is 4.98. The molecule has 104 valence electrons. The van der Waals surface area contributed by atoms with Crippen LogP contribution in [0.25, 0.3) is 0 Å². The Balaban J connectivity index is 3.24. The summed E-state index contributed by atoms with van der Waals surface area (Å²) in [6.07, 6.45) is 1.17. The van der Waals surface area contributed by atoms with Gasteiger partial charge >= 0.3 is 0 Å². The highest BCUT2D eigenvalue weighted by Gasteiger charge is 2.25. The van der Waals surface area contributed by atoms with Gasteiger partial charge in [0.25, 0.3) is 11.6 Å². The summed E-state index contributed by atoms with van der Waals surface area (Å²) in [7, 11) is 0. The van der Waals surface area contributed by atoms with E-state index < -0.39 is 4.92 Å².